The van der Waals surface area contributed by atoms with E-state index in [1.807, 2.05) is 0 Å². The molecule has 0 aliphatic heterocycles. The van der Waals surface area contributed by atoms with E-state index in [2.05, 4.69) is 9.97 Å². The van der Waals surface area contributed by atoms with E-state index in [4.69, 9.17) is 26.7 Å². The molecular weight excluding hydrogens is 270 g/mol. The number of halogens is 1. The van der Waals surface area contributed by atoms with Crippen molar-refractivity contribution in [1.82, 2.24) is 9.97 Å². The van der Waals surface area contributed by atoms with E-state index in [1.54, 1.807) is 6.07 Å². The molecule has 6 nitrogen and oxygen atoms in total. The third-order valence-corrected chi connectivity index (χ3v) is 2.39. The summed E-state index contributed by atoms with van der Waals surface area (Å²) in [6.45, 7) is 0. The van der Waals surface area contributed by atoms with Gasteiger partial charge >= 0.3 is 5.97 Å². The van der Waals surface area contributed by atoms with Gasteiger partial charge in [0.1, 0.15) is 17.4 Å². The lowest BCUT2D eigenvalue weighted by atomic mass is 10.2. The fourth-order valence-corrected chi connectivity index (χ4v) is 1.50. The van der Waals surface area contributed by atoms with Crippen molar-refractivity contribution in [3.05, 3.63) is 46.9 Å². The number of hydrogen-bond acceptors (Lipinski definition) is 5. The summed E-state index contributed by atoms with van der Waals surface area (Å²) in [6, 6.07) is 5.87. The fourth-order valence-electron chi connectivity index (χ4n) is 1.34. The molecule has 1 N–H and O–H groups in total. The van der Waals surface area contributed by atoms with E-state index in [9.17, 15) is 4.79 Å². The van der Waals surface area contributed by atoms with Gasteiger partial charge in [-0.05, 0) is 12.1 Å². The number of carboxylic acid groups (broad SMARTS) is 1. The van der Waals surface area contributed by atoms with Crippen molar-refractivity contribution in [2.45, 2.75) is 0 Å². The van der Waals surface area contributed by atoms with Gasteiger partial charge < -0.3 is 9.84 Å². The maximum absolute atomic E-state index is 11.1. The van der Waals surface area contributed by atoms with Crippen molar-refractivity contribution in [3.8, 4) is 17.7 Å². The molecule has 1 aromatic carbocycles. The van der Waals surface area contributed by atoms with Gasteiger partial charge in [0.15, 0.2) is 0 Å². The van der Waals surface area contributed by atoms with Crippen LogP contribution in [0.25, 0.3) is 0 Å². The van der Waals surface area contributed by atoms with Crippen LogP contribution in [0.5, 0.6) is 11.6 Å². The van der Waals surface area contributed by atoms with Crippen molar-refractivity contribution >= 4 is 17.6 Å². The van der Waals surface area contributed by atoms with Gasteiger partial charge in [-0.15, -0.1) is 0 Å². The molecule has 7 heteroatoms. The second-order valence-electron chi connectivity index (χ2n) is 3.37. The number of nitriles is 1. The first-order valence-electron chi connectivity index (χ1n) is 5.03. The number of nitrogens with zero attached hydrogens (tertiary/aromatic N) is 3. The van der Waals surface area contributed by atoms with E-state index >= 15 is 0 Å². The molecule has 1 heterocycles. The molecule has 19 heavy (non-hydrogen) atoms. The van der Waals surface area contributed by atoms with Crippen LogP contribution in [0, 0.1) is 11.3 Å². The summed E-state index contributed by atoms with van der Waals surface area (Å²) in [5, 5.41) is 18.2. The molecule has 2 rings (SSSR count). The third-order valence-electron chi connectivity index (χ3n) is 2.15. The van der Waals surface area contributed by atoms with Gasteiger partial charge in [0, 0.05) is 23.5 Å². The zero-order valence-corrected chi connectivity index (χ0v) is 10.1. The number of aromatic carboxylic acids is 1. The molecule has 0 fully saturated rings. The Bertz CT molecular complexity index is 682. The average Bonchev–Trinajstić information content (AvgIpc) is 2.39. The summed E-state index contributed by atoms with van der Waals surface area (Å²) < 4.78 is 5.31. The standard InChI is InChI=1S/C12H6ClN3O3/c13-7-1-2-8(12(17)18)10(5-7)19-11-9(6-14)15-3-4-16-11/h1-5H,(H,17,18). The normalized spacial score (nSPS) is 9.68. The first-order valence-corrected chi connectivity index (χ1v) is 5.41. The second kappa shape index (κ2) is 5.33. The summed E-state index contributed by atoms with van der Waals surface area (Å²) in [5.41, 5.74) is -0.127. The highest BCUT2D eigenvalue weighted by atomic mass is 35.5. The van der Waals surface area contributed by atoms with Gasteiger partial charge in [-0.2, -0.15) is 5.26 Å². The van der Waals surface area contributed by atoms with Crippen LogP contribution >= 0.6 is 11.6 Å². The minimum absolute atomic E-state index is 0.00278. The van der Waals surface area contributed by atoms with Crippen LogP contribution in [0.2, 0.25) is 5.02 Å². The van der Waals surface area contributed by atoms with Gasteiger partial charge in [-0.25, -0.2) is 14.8 Å². The highest BCUT2D eigenvalue weighted by Crippen LogP contribution is 2.28. The summed E-state index contributed by atoms with van der Waals surface area (Å²) in [4.78, 5) is 18.6. The Morgan fingerprint density at radius 3 is 2.79 bits per heavy atom. The molecule has 0 saturated heterocycles. The molecular formula is C12H6ClN3O3. The van der Waals surface area contributed by atoms with Gasteiger partial charge in [-0.3, -0.25) is 0 Å². The lowest BCUT2D eigenvalue weighted by Gasteiger charge is -2.08. The lowest BCUT2D eigenvalue weighted by Crippen LogP contribution is -2.02. The molecule has 1 aromatic heterocycles. The number of ether oxygens (including phenoxy) is 1. The van der Waals surface area contributed by atoms with Gasteiger partial charge in [0.2, 0.25) is 5.69 Å². The Labute approximate surface area is 112 Å². The lowest BCUT2D eigenvalue weighted by molar-refractivity contribution is 0.0694. The first-order chi connectivity index (χ1) is 9.11. The van der Waals surface area contributed by atoms with Crippen molar-refractivity contribution in [2.75, 3.05) is 0 Å². The highest BCUT2D eigenvalue weighted by molar-refractivity contribution is 6.30. The quantitative estimate of drug-likeness (QED) is 0.924. The largest absolute Gasteiger partial charge is 0.478 e. The Kier molecular flexibility index (Phi) is 3.59. The van der Waals surface area contributed by atoms with Crippen LogP contribution in [0.1, 0.15) is 16.1 Å². The maximum atomic E-state index is 11.1. The maximum Gasteiger partial charge on any atom is 0.339 e. The van der Waals surface area contributed by atoms with Crippen LogP contribution < -0.4 is 4.74 Å². The SMILES string of the molecule is N#Cc1nccnc1Oc1cc(Cl)ccc1C(=O)O. The molecule has 0 amide bonds. The Hall–Kier alpha value is -2.65. The van der Waals surface area contributed by atoms with Crippen molar-refractivity contribution in [2.24, 2.45) is 0 Å². The number of rotatable bonds is 3. The Morgan fingerprint density at radius 2 is 2.11 bits per heavy atom. The van der Waals surface area contributed by atoms with E-state index < -0.39 is 5.97 Å². The van der Waals surface area contributed by atoms with Crippen molar-refractivity contribution in [1.29, 1.82) is 5.26 Å². The van der Waals surface area contributed by atoms with E-state index in [1.165, 1.54) is 30.6 Å². The molecule has 0 aliphatic carbocycles. The van der Waals surface area contributed by atoms with Crippen LogP contribution in [0.3, 0.4) is 0 Å². The Balaban J connectivity index is 2.46. The zero-order chi connectivity index (χ0) is 13.8. The summed E-state index contributed by atoms with van der Waals surface area (Å²) in [7, 11) is 0. The predicted molar refractivity (Wildman–Crippen MR) is 65.2 cm³/mol. The molecule has 0 radical (unpaired) electrons. The van der Waals surface area contributed by atoms with E-state index in [0.29, 0.717) is 5.02 Å². The van der Waals surface area contributed by atoms with Crippen LogP contribution in [-0.4, -0.2) is 21.0 Å². The van der Waals surface area contributed by atoms with Gasteiger partial charge in [-0.1, -0.05) is 11.6 Å². The Morgan fingerprint density at radius 1 is 1.37 bits per heavy atom. The summed E-state index contributed by atoms with van der Waals surface area (Å²) >= 11 is 5.79. The minimum Gasteiger partial charge on any atom is -0.478 e. The molecule has 0 unspecified atom stereocenters. The van der Waals surface area contributed by atoms with E-state index in [0.717, 1.165) is 0 Å². The fraction of sp³-hybridized carbons (Fsp3) is 0. The predicted octanol–water partition coefficient (Wildman–Crippen LogP) is 2.49. The number of carboxylic acids is 1. The minimum atomic E-state index is -1.17. The molecule has 0 aliphatic rings. The molecule has 0 bridgehead atoms. The molecule has 94 valence electrons. The van der Waals surface area contributed by atoms with Crippen molar-refractivity contribution in [3.63, 3.8) is 0 Å². The van der Waals surface area contributed by atoms with Crippen molar-refractivity contribution < 1.29 is 14.6 Å². The number of aromatic nitrogens is 2. The second-order valence-corrected chi connectivity index (χ2v) is 3.81. The van der Waals surface area contributed by atoms with Gasteiger partial charge in [0.05, 0.1) is 0 Å². The summed E-state index contributed by atoms with van der Waals surface area (Å²) in [5.74, 6) is -1.25. The molecule has 0 spiro atoms. The van der Waals surface area contributed by atoms with Crippen LogP contribution in [0.15, 0.2) is 30.6 Å². The van der Waals surface area contributed by atoms with Crippen LogP contribution in [0.4, 0.5) is 0 Å². The highest BCUT2D eigenvalue weighted by Gasteiger charge is 2.15. The van der Waals surface area contributed by atoms with E-state index in [-0.39, 0.29) is 22.9 Å². The zero-order valence-electron chi connectivity index (χ0n) is 9.37. The smallest absolute Gasteiger partial charge is 0.339 e. The van der Waals surface area contributed by atoms with Gasteiger partial charge in [0.25, 0.3) is 5.88 Å². The first kappa shape index (κ1) is 12.8. The molecule has 0 atom stereocenters. The number of carbonyl (C=O) groups is 1. The monoisotopic (exact) mass is 275 g/mol. The summed E-state index contributed by atoms with van der Waals surface area (Å²) in [6.07, 6.45) is 2.67. The third kappa shape index (κ3) is 2.78. The molecule has 2 aromatic rings. The molecule has 0 saturated carbocycles. The number of benzene rings is 1. The average molecular weight is 276 g/mol. The number of hydrogen-bond donors (Lipinski definition) is 1. The topological polar surface area (TPSA) is 96.1 Å². The van der Waals surface area contributed by atoms with Crippen LogP contribution in [-0.2, 0) is 0 Å².